The van der Waals surface area contributed by atoms with Crippen LogP contribution in [0.15, 0.2) is 70.0 Å². The predicted octanol–water partition coefficient (Wildman–Crippen LogP) is 4.68. The number of hydrogen-bond acceptors (Lipinski definition) is 6. The van der Waals surface area contributed by atoms with Crippen molar-refractivity contribution >= 4 is 32.7 Å². The van der Waals surface area contributed by atoms with Crippen molar-refractivity contribution in [2.75, 3.05) is 18.5 Å². The molecule has 0 bridgehead atoms. The maximum atomic E-state index is 12.9. The number of nitrogens with one attached hydrogen (secondary N) is 1. The zero-order valence-corrected chi connectivity index (χ0v) is 18.4. The van der Waals surface area contributed by atoms with E-state index in [0.717, 1.165) is 29.7 Å². The molecule has 3 aromatic rings. The second kappa shape index (κ2) is 9.07. The molecule has 8 heteroatoms. The smallest absolute Gasteiger partial charge is 0.243 e. The summed E-state index contributed by atoms with van der Waals surface area (Å²) < 4.78 is 27.3. The zero-order valence-electron chi connectivity index (χ0n) is 16.7. The van der Waals surface area contributed by atoms with Crippen molar-refractivity contribution in [3.63, 3.8) is 0 Å². The summed E-state index contributed by atoms with van der Waals surface area (Å²) in [6, 6.07) is 16.8. The Labute approximate surface area is 181 Å². The number of thiazole rings is 1. The molecule has 1 N–H and O–H groups in total. The summed E-state index contributed by atoms with van der Waals surface area (Å²) in [5, 5.41) is 6.81. The van der Waals surface area contributed by atoms with E-state index in [-0.39, 0.29) is 0 Å². The molecule has 6 nitrogen and oxygen atoms in total. The molecule has 0 aliphatic carbocycles. The number of hydrazone groups is 1. The molecule has 0 amide bonds. The Balaban J connectivity index is 1.42. The summed E-state index contributed by atoms with van der Waals surface area (Å²) >= 11 is 1.45. The number of aromatic nitrogens is 1. The first kappa shape index (κ1) is 20.7. The van der Waals surface area contributed by atoms with Gasteiger partial charge in [0.05, 0.1) is 16.8 Å². The van der Waals surface area contributed by atoms with Gasteiger partial charge < -0.3 is 0 Å². The van der Waals surface area contributed by atoms with Crippen molar-refractivity contribution in [1.82, 2.24) is 9.29 Å². The summed E-state index contributed by atoms with van der Waals surface area (Å²) in [7, 11) is -3.43. The fraction of sp³-hybridized carbons (Fsp3) is 0.273. The molecule has 1 aliphatic rings. The van der Waals surface area contributed by atoms with E-state index in [2.05, 4.69) is 22.4 Å². The van der Waals surface area contributed by atoms with Gasteiger partial charge in [-0.15, -0.1) is 11.3 Å². The summed E-state index contributed by atoms with van der Waals surface area (Å²) in [6.45, 7) is 3.36. The molecule has 0 saturated carbocycles. The number of rotatable bonds is 6. The minimum Gasteiger partial charge on any atom is -0.253 e. The molecule has 1 aromatic heterocycles. The Morgan fingerprint density at radius 3 is 2.50 bits per heavy atom. The van der Waals surface area contributed by atoms with Crippen molar-refractivity contribution in [2.45, 2.75) is 24.7 Å². The van der Waals surface area contributed by atoms with Gasteiger partial charge in [0.1, 0.15) is 0 Å². The summed E-state index contributed by atoms with van der Waals surface area (Å²) in [4.78, 5) is 4.87. The van der Waals surface area contributed by atoms with Gasteiger partial charge in [-0.25, -0.2) is 13.4 Å². The van der Waals surface area contributed by atoms with E-state index in [1.165, 1.54) is 11.3 Å². The molecule has 2 heterocycles. The molecule has 0 atom stereocenters. The van der Waals surface area contributed by atoms with E-state index in [9.17, 15) is 8.42 Å². The maximum Gasteiger partial charge on any atom is 0.243 e. The molecule has 1 aliphatic heterocycles. The first-order valence-corrected chi connectivity index (χ1v) is 12.2. The number of benzene rings is 2. The highest BCUT2D eigenvalue weighted by molar-refractivity contribution is 7.89. The lowest BCUT2D eigenvalue weighted by Gasteiger charge is -2.29. The topological polar surface area (TPSA) is 74.7 Å². The second-order valence-corrected chi connectivity index (χ2v) is 10.2. The Kier molecular flexibility index (Phi) is 6.26. The van der Waals surface area contributed by atoms with E-state index in [4.69, 9.17) is 0 Å². The first-order chi connectivity index (χ1) is 14.5. The molecular weight excluding hydrogens is 416 g/mol. The number of piperidine rings is 1. The van der Waals surface area contributed by atoms with Crippen molar-refractivity contribution < 1.29 is 8.42 Å². The minimum atomic E-state index is -3.43. The average molecular weight is 441 g/mol. The van der Waals surface area contributed by atoms with Crippen molar-refractivity contribution in [2.24, 2.45) is 11.0 Å². The van der Waals surface area contributed by atoms with Gasteiger partial charge in [0.2, 0.25) is 15.2 Å². The van der Waals surface area contributed by atoms with Gasteiger partial charge in [-0.2, -0.15) is 9.41 Å². The van der Waals surface area contributed by atoms with Crippen LogP contribution >= 0.6 is 11.3 Å². The number of hydrogen-bond donors (Lipinski definition) is 1. The van der Waals surface area contributed by atoms with Crippen LogP contribution in [0.25, 0.3) is 11.3 Å². The van der Waals surface area contributed by atoms with Gasteiger partial charge in [0, 0.05) is 24.0 Å². The SMILES string of the molecule is CC1CCN(S(=O)(=O)c2ccc(-c3csc(NN=Cc4ccccc4)n3)cc2)CC1. The molecule has 0 radical (unpaired) electrons. The first-order valence-electron chi connectivity index (χ1n) is 9.92. The molecule has 156 valence electrons. The molecule has 30 heavy (non-hydrogen) atoms. The normalized spacial score (nSPS) is 16.2. The highest BCUT2D eigenvalue weighted by Crippen LogP contribution is 2.28. The maximum absolute atomic E-state index is 12.9. The van der Waals surface area contributed by atoms with Crippen LogP contribution in [0.1, 0.15) is 25.3 Å². The summed E-state index contributed by atoms with van der Waals surface area (Å²) in [5.74, 6) is 0.586. The highest BCUT2D eigenvalue weighted by Gasteiger charge is 2.27. The molecule has 0 spiro atoms. The quantitative estimate of drug-likeness (QED) is 0.446. The summed E-state index contributed by atoms with van der Waals surface area (Å²) in [5.41, 5.74) is 5.60. The lowest BCUT2D eigenvalue weighted by Crippen LogP contribution is -2.37. The van der Waals surface area contributed by atoms with Crippen LogP contribution < -0.4 is 5.43 Å². The van der Waals surface area contributed by atoms with Crippen LogP contribution in [0.2, 0.25) is 0 Å². The van der Waals surface area contributed by atoms with Gasteiger partial charge in [-0.3, -0.25) is 5.43 Å². The fourth-order valence-corrected chi connectivity index (χ4v) is 5.47. The van der Waals surface area contributed by atoms with Crippen LogP contribution in [0, 0.1) is 5.92 Å². The Morgan fingerprint density at radius 2 is 1.80 bits per heavy atom. The Bertz CT molecular complexity index is 1100. The third-order valence-corrected chi connectivity index (χ3v) is 7.87. The predicted molar refractivity (Wildman–Crippen MR) is 122 cm³/mol. The number of sulfonamides is 1. The summed E-state index contributed by atoms with van der Waals surface area (Å²) in [6.07, 6.45) is 3.57. The molecule has 2 aromatic carbocycles. The zero-order chi connectivity index (χ0) is 21.0. The third kappa shape index (κ3) is 4.77. The van der Waals surface area contributed by atoms with Gasteiger partial charge in [0.25, 0.3) is 0 Å². The second-order valence-electron chi connectivity index (χ2n) is 7.43. The van der Waals surface area contributed by atoms with Crippen LogP contribution in [0.5, 0.6) is 0 Å². The number of anilines is 1. The third-order valence-electron chi connectivity index (χ3n) is 5.21. The van der Waals surface area contributed by atoms with Gasteiger partial charge in [-0.1, -0.05) is 49.4 Å². The molecule has 1 fully saturated rings. The van der Waals surface area contributed by atoms with E-state index in [1.54, 1.807) is 22.7 Å². The van der Waals surface area contributed by atoms with Gasteiger partial charge >= 0.3 is 0 Å². The number of nitrogens with zero attached hydrogens (tertiary/aromatic N) is 3. The molecular formula is C22H24N4O2S2. The molecule has 1 saturated heterocycles. The van der Waals surface area contributed by atoms with E-state index in [1.807, 2.05) is 47.8 Å². The average Bonchev–Trinajstić information content (AvgIpc) is 3.24. The largest absolute Gasteiger partial charge is 0.253 e. The monoisotopic (exact) mass is 440 g/mol. The Morgan fingerprint density at radius 1 is 1.10 bits per heavy atom. The van der Waals surface area contributed by atoms with E-state index < -0.39 is 10.0 Å². The van der Waals surface area contributed by atoms with Crippen LogP contribution in [-0.2, 0) is 10.0 Å². The Hall–Kier alpha value is -2.55. The van der Waals surface area contributed by atoms with Crippen LogP contribution in [0.4, 0.5) is 5.13 Å². The highest BCUT2D eigenvalue weighted by atomic mass is 32.2. The lowest BCUT2D eigenvalue weighted by atomic mass is 10.0. The van der Waals surface area contributed by atoms with E-state index in [0.29, 0.717) is 29.0 Å². The molecule has 0 unspecified atom stereocenters. The van der Waals surface area contributed by atoms with Crippen molar-refractivity contribution in [1.29, 1.82) is 0 Å². The fourth-order valence-electron chi connectivity index (χ4n) is 3.33. The van der Waals surface area contributed by atoms with Crippen LogP contribution in [0.3, 0.4) is 0 Å². The van der Waals surface area contributed by atoms with Crippen LogP contribution in [-0.4, -0.2) is 37.0 Å². The van der Waals surface area contributed by atoms with Crippen molar-refractivity contribution in [3.8, 4) is 11.3 Å². The molecule has 4 rings (SSSR count). The van der Waals surface area contributed by atoms with Gasteiger partial charge in [0.15, 0.2) is 0 Å². The standard InChI is InChI=1S/C22H24N4O2S2/c1-17-11-13-26(14-12-17)30(27,28)20-9-7-19(8-10-20)21-16-29-22(24-21)25-23-15-18-5-3-2-4-6-18/h2-10,15-17H,11-14H2,1H3,(H,24,25). The van der Waals surface area contributed by atoms with Crippen molar-refractivity contribution in [3.05, 3.63) is 65.5 Å². The van der Waals surface area contributed by atoms with Gasteiger partial charge in [-0.05, 0) is 36.5 Å². The lowest BCUT2D eigenvalue weighted by molar-refractivity contribution is 0.288. The van der Waals surface area contributed by atoms with E-state index >= 15 is 0 Å². The minimum absolute atomic E-state index is 0.335.